The third-order valence-electron chi connectivity index (χ3n) is 5.84. The zero-order valence-corrected chi connectivity index (χ0v) is 17.3. The Labute approximate surface area is 179 Å². The van der Waals surface area contributed by atoms with Crippen molar-refractivity contribution in [3.8, 4) is 5.75 Å². The molecule has 0 bridgehead atoms. The van der Waals surface area contributed by atoms with Crippen LogP contribution in [0.25, 0.3) is 11.0 Å². The summed E-state index contributed by atoms with van der Waals surface area (Å²) in [5.41, 5.74) is 2.31. The van der Waals surface area contributed by atoms with Gasteiger partial charge in [-0.25, -0.2) is 4.98 Å². The van der Waals surface area contributed by atoms with Crippen molar-refractivity contribution in [2.24, 2.45) is 0 Å². The van der Waals surface area contributed by atoms with Crippen molar-refractivity contribution in [2.45, 2.75) is 31.4 Å². The van der Waals surface area contributed by atoms with Crippen LogP contribution in [0, 0.1) is 0 Å². The number of para-hydroxylation sites is 2. The minimum atomic E-state index is -0.637. The van der Waals surface area contributed by atoms with E-state index in [4.69, 9.17) is 14.5 Å². The number of methoxy groups -OCH3 is 1. The molecule has 0 aliphatic carbocycles. The lowest BCUT2D eigenvalue weighted by atomic mass is 10.1. The molecule has 1 saturated heterocycles. The van der Waals surface area contributed by atoms with Gasteiger partial charge in [0.1, 0.15) is 11.8 Å². The Balaban J connectivity index is 1.41. The molecule has 31 heavy (non-hydrogen) atoms. The summed E-state index contributed by atoms with van der Waals surface area (Å²) in [4.78, 5) is 32.5. The highest BCUT2D eigenvalue weighted by Gasteiger charge is 2.42. The van der Waals surface area contributed by atoms with E-state index in [2.05, 4.69) is 5.32 Å². The quantitative estimate of drug-likeness (QED) is 0.662. The van der Waals surface area contributed by atoms with E-state index in [1.807, 2.05) is 28.8 Å². The fourth-order valence-corrected chi connectivity index (χ4v) is 4.32. The van der Waals surface area contributed by atoms with Gasteiger partial charge in [0.15, 0.2) is 0 Å². The maximum Gasteiger partial charge on any atom is 0.253 e. The standard InChI is InChI=1S/C23H24N4O4/c1-30-16-10-8-15(9-11-16)24-21(28)13-20-22(29)26(14-17-5-4-12-31-17)23-25-18-6-2-3-7-19(18)27(20)23/h2-3,6-11,17,20H,4-5,12-14H2,1H3,(H,24,28)/t17-,20+/m1/s1. The first-order chi connectivity index (χ1) is 15.1. The van der Waals surface area contributed by atoms with Gasteiger partial charge in [-0.05, 0) is 49.2 Å². The maximum absolute atomic E-state index is 13.3. The average molecular weight is 420 g/mol. The number of nitrogens with zero attached hydrogens (tertiary/aromatic N) is 3. The first kappa shape index (κ1) is 19.6. The Morgan fingerprint density at radius 1 is 1.23 bits per heavy atom. The van der Waals surface area contributed by atoms with Crippen LogP contribution in [0.15, 0.2) is 48.5 Å². The van der Waals surface area contributed by atoms with Crippen LogP contribution < -0.4 is 15.0 Å². The molecule has 2 aromatic carbocycles. The summed E-state index contributed by atoms with van der Waals surface area (Å²) in [5, 5.41) is 2.88. The van der Waals surface area contributed by atoms with E-state index in [-0.39, 0.29) is 24.3 Å². The van der Waals surface area contributed by atoms with Gasteiger partial charge in [0, 0.05) is 12.3 Å². The second kappa shape index (κ2) is 8.03. The van der Waals surface area contributed by atoms with E-state index < -0.39 is 6.04 Å². The molecule has 2 atom stereocenters. The van der Waals surface area contributed by atoms with Crippen LogP contribution in [0.4, 0.5) is 11.6 Å². The molecule has 0 spiro atoms. The lowest BCUT2D eigenvalue weighted by molar-refractivity contribution is -0.124. The number of imidazole rings is 1. The lowest BCUT2D eigenvalue weighted by Crippen LogP contribution is -2.37. The number of carbonyl (C=O) groups is 2. The molecule has 2 aliphatic heterocycles. The summed E-state index contributed by atoms with van der Waals surface area (Å²) in [6.07, 6.45) is 1.95. The molecule has 1 aromatic heterocycles. The van der Waals surface area contributed by atoms with Crippen molar-refractivity contribution >= 4 is 34.5 Å². The summed E-state index contributed by atoms with van der Waals surface area (Å²) < 4.78 is 12.8. The number of ether oxygens (including phenoxy) is 2. The van der Waals surface area contributed by atoms with Crippen LogP contribution in [0.5, 0.6) is 5.75 Å². The first-order valence-electron chi connectivity index (χ1n) is 10.5. The number of nitrogens with one attached hydrogen (secondary N) is 1. The van der Waals surface area contributed by atoms with Crippen LogP contribution in [-0.4, -0.2) is 47.7 Å². The Morgan fingerprint density at radius 2 is 2.03 bits per heavy atom. The van der Waals surface area contributed by atoms with E-state index in [0.29, 0.717) is 23.9 Å². The molecule has 8 nitrogen and oxygen atoms in total. The largest absolute Gasteiger partial charge is 0.497 e. The summed E-state index contributed by atoms with van der Waals surface area (Å²) in [7, 11) is 1.59. The molecule has 0 unspecified atom stereocenters. The molecule has 8 heteroatoms. The van der Waals surface area contributed by atoms with Gasteiger partial charge in [0.05, 0.1) is 37.2 Å². The van der Waals surface area contributed by atoms with Gasteiger partial charge in [-0.2, -0.15) is 0 Å². The molecule has 3 aromatic rings. The molecular weight excluding hydrogens is 396 g/mol. The predicted molar refractivity (Wildman–Crippen MR) is 116 cm³/mol. The Bertz CT molecular complexity index is 1120. The topological polar surface area (TPSA) is 85.7 Å². The third-order valence-corrected chi connectivity index (χ3v) is 5.84. The second-order valence-electron chi connectivity index (χ2n) is 7.85. The molecule has 3 heterocycles. The predicted octanol–water partition coefficient (Wildman–Crippen LogP) is 3.14. The Hall–Kier alpha value is -3.39. The Kier molecular flexibility index (Phi) is 5.07. The third kappa shape index (κ3) is 3.63. The van der Waals surface area contributed by atoms with Crippen LogP contribution in [0.1, 0.15) is 25.3 Å². The number of carbonyl (C=O) groups excluding carboxylic acids is 2. The summed E-state index contributed by atoms with van der Waals surface area (Å²) in [6.45, 7) is 1.18. The number of hydrogen-bond acceptors (Lipinski definition) is 5. The number of aromatic nitrogens is 2. The minimum Gasteiger partial charge on any atom is -0.497 e. The zero-order valence-electron chi connectivity index (χ0n) is 17.3. The lowest BCUT2D eigenvalue weighted by Gasteiger charge is -2.19. The minimum absolute atomic E-state index is 0.00379. The van der Waals surface area contributed by atoms with Gasteiger partial charge in [0.2, 0.25) is 11.9 Å². The van der Waals surface area contributed by atoms with Crippen molar-refractivity contribution in [1.82, 2.24) is 9.55 Å². The van der Waals surface area contributed by atoms with Gasteiger partial charge in [-0.1, -0.05) is 12.1 Å². The van der Waals surface area contributed by atoms with Crippen molar-refractivity contribution < 1.29 is 19.1 Å². The molecule has 2 aliphatic rings. The fourth-order valence-electron chi connectivity index (χ4n) is 4.32. The molecule has 0 saturated carbocycles. The van der Waals surface area contributed by atoms with Gasteiger partial charge >= 0.3 is 0 Å². The van der Waals surface area contributed by atoms with Gasteiger partial charge in [-0.15, -0.1) is 0 Å². The molecule has 160 valence electrons. The second-order valence-corrected chi connectivity index (χ2v) is 7.85. The van der Waals surface area contributed by atoms with Crippen LogP contribution >= 0.6 is 0 Å². The average Bonchev–Trinajstić information content (AvgIpc) is 3.48. The van der Waals surface area contributed by atoms with Gasteiger partial charge in [0.25, 0.3) is 5.91 Å². The van der Waals surface area contributed by atoms with Crippen molar-refractivity contribution in [2.75, 3.05) is 30.5 Å². The molecule has 2 amide bonds. The summed E-state index contributed by atoms with van der Waals surface area (Å²) >= 11 is 0. The number of fused-ring (bicyclic) bond motifs is 3. The van der Waals surface area contributed by atoms with E-state index in [1.54, 1.807) is 36.3 Å². The summed E-state index contributed by atoms with van der Waals surface area (Å²) in [6, 6.07) is 14.2. The van der Waals surface area contributed by atoms with E-state index in [0.717, 1.165) is 30.5 Å². The van der Waals surface area contributed by atoms with E-state index in [1.165, 1.54) is 0 Å². The molecule has 1 N–H and O–H groups in total. The first-order valence-corrected chi connectivity index (χ1v) is 10.5. The molecule has 1 fully saturated rings. The van der Waals surface area contributed by atoms with Gasteiger partial charge < -0.3 is 14.8 Å². The monoisotopic (exact) mass is 420 g/mol. The summed E-state index contributed by atoms with van der Waals surface area (Å²) in [5.74, 6) is 0.951. The normalized spacial score (nSPS) is 20.3. The number of amides is 2. The van der Waals surface area contributed by atoms with E-state index >= 15 is 0 Å². The SMILES string of the molecule is COc1ccc(NC(=O)C[C@H]2C(=O)N(C[C@H]3CCCO3)c3nc4ccccc4n32)cc1. The molecular formula is C23H24N4O4. The van der Waals surface area contributed by atoms with E-state index in [9.17, 15) is 9.59 Å². The smallest absolute Gasteiger partial charge is 0.253 e. The van der Waals surface area contributed by atoms with Crippen LogP contribution in [0.2, 0.25) is 0 Å². The Morgan fingerprint density at radius 3 is 2.77 bits per heavy atom. The highest BCUT2D eigenvalue weighted by molar-refractivity contribution is 6.05. The molecule has 5 rings (SSSR count). The fraction of sp³-hybridized carbons (Fsp3) is 0.348. The van der Waals surface area contributed by atoms with Gasteiger partial charge in [-0.3, -0.25) is 19.1 Å². The van der Waals surface area contributed by atoms with Crippen molar-refractivity contribution in [3.05, 3.63) is 48.5 Å². The highest BCUT2D eigenvalue weighted by atomic mass is 16.5. The highest BCUT2D eigenvalue weighted by Crippen LogP contribution is 2.37. The zero-order chi connectivity index (χ0) is 21.4. The van der Waals surface area contributed by atoms with Crippen LogP contribution in [-0.2, 0) is 14.3 Å². The number of rotatable bonds is 6. The molecule has 0 radical (unpaired) electrons. The van der Waals surface area contributed by atoms with Crippen molar-refractivity contribution in [3.63, 3.8) is 0 Å². The maximum atomic E-state index is 13.3. The van der Waals surface area contributed by atoms with Crippen LogP contribution in [0.3, 0.4) is 0 Å². The number of benzene rings is 2. The number of anilines is 2. The number of hydrogen-bond donors (Lipinski definition) is 1. The van der Waals surface area contributed by atoms with Crippen molar-refractivity contribution in [1.29, 1.82) is 0 Å².